The largest absolute Gasteiger partial charge is 0.375 e. The second-order valence-electron chi connectivity index (χ2n) is 5.07. The first kappa shape index (κ1) is 13.8. The van der Waals surface area contributed by atoms with Gasteiger partial charge < -0.3 is 5.32 Å². The van der Waals surface area contributed by atoms with Gasteiger partial charge in [0.25, 0.3) is 0 Å². The zero-order chi connectivity index (χ0) is 14.8. The molecule has 0 saturated heterocycles. The predicted molar refractivity (Wildman–Crippen MR) is 87.8 cm³/mol. The van der Waals surface area contributed by atoms with E-state index in [-0.39, 0.29) is 6.04 Å². The zero-order valence-electron chi connectivity index (χ0n) is 12.0. The Labute approximate surface area is 129 Å². The quantitative estimate of drug-likeness (QED) is 0.757. The summed E-state index contributed by atoms with van der Waals surface area (Å²) in [5, 5.41) is 5.20. The highest BCUT2D eigenvalue weighted by molar-refractivity contribution is 6.35. The number of rotatable bonds is 3. The van der Waals surface area contributed by atoms with Crippen LogP contribution >= 0.6 is 11.6 Å². The van der Waals surface area contributed by atoms with E-state index in [4.69, 9.17) is 11.6 Å². The third-order valence-electron chi connectivity index (χ3n) is 3.52. The lowest BCUT2D eigenvalue weighted by atomic mass is 10.1. The van der Waals surface area contributed by atoms with Gasteiger partial charge in [-0.1, -0.05) is 17.7 Å². The molecule has 0 aliphatic heterocycles. The van der Waals surface area contributed by atoms with Gasteiger partial charge in [0.1, 0.15) is 0 Å². The SMILES string of the molecule is Cc1cc(Cl)c(NC(C)c2ccccn2)c2cccnc12. The lowest BCUT2D eigenvalue weighted by Crippen LogP contribution is -2.09. The fourth-order valence-electron chi connectivity index (χ4n) is 2.45. The molecule has 0 spiro atoms. The molecule has 3 aromatic rings. The summed E-state index contributed by atoms with van der Waals surface area (Å²) in [4.78, 5) is 8.83. The summed E-state index contributed by atoms with van der Waals surface area (Å²) in [7, 11) is 0. The van der Waals surface area contributed by atoms with Crippen LogP contribution < -0.4 is 5.32 Å². The molecule has 1 unspecified atom stereocenters. The number of hydrogen-bond donors (Lipinski definition) is 1. The van der Waals surface area contributed by atoms with Gasteiger partial charge in [0.2, 0.25) is 0 Å². The van der Waals surface area contributed by atoms with E-state index in [1.54, 1.807) is 12.4 Å². The summed E-state index contributed by atoms with van der Waals surface area (Å²) in [5.41, 5.74) is 3.93. The molecular weight excluding hydrogens is 282 g/mol. The smallest absolute Gasteiger partial charge is 0.0752 e. The Morgan fingerprint density at radius 3 is 2.67 bits per heavy atom. The average Bonchev–Trinajstić information content (AvgIpc) is 2.52. The van der Waals surface area contributed by atoms with E-state index in [9.17, 15) is 0 Å². The normalized spacial score (nSPS) is 12.3. The summed E-state index contributed by atoms with van der Waals surface area (Å²) in [5.74, 6) is 0. The van der Waals surface area contributed by atoms with Crippen molar-refractivity contribution >= 4 is 28.2 Å². The Hall–Kier alpha value is -2.13. The minimum atomic E-state index is 0.0646. The van der Waals surface area contributed by atoms with Crippen LogP contribution in [0.5, 0.6) is 0 Å². The van der Waals surface area contributed by atoms with Crippen molar-refractivity contribution in [2.45, 2.75) is 19.9 Å². The molecule has 0 aliphatic carbocycles. The molecule has 0 radical (unpaired) electrons. The van der Waals surface area contributed by atoms with Crippen LogP contribution in [0.1, 0.15) is 24.2 Å². The molecule has 106 valence electrons. The summed E-state index contributed by atoms with van der Waals surface area (Å²) in [6.07, 6.45) is 3.60. The number of anilines is 1. The van der Waals surface area contributed by atoms with Crippen molar-refractivity contribution in [2.24, 2.45) is 0 Å². The van der Waals surface area contributed by atoms with E-state index in [1.165, 1.54) is 0 Å². The van der Waals surface area contributed by atoms with Gasteiger partial charge in [0.05, 0.1) is 28.0 Å². The Balaban J connectivity index is 2.05. The lowest BCUT2D eigenvalue weighted by molar-refractivity contribution is 0.841. The second kappa shape index (κ2) is 5.70. The van der Waals surface area contributed by atoms with Crippen LogP contribution in [-0.4, -0.2) is 9.97 Å². The standard InChI is InChI=1S/C17H16ClN3/c1-11-10-14(18)17(13-6-5-9-20-16(11)13)21-12(2)15-7-3-4-8-19-15/h3-10,12,21H,1-2H3. The molecule has 4 heteroatoms. The first-order chi connectivity index (χ1) is 10.2. The van der Waals surface area contributed by atoms with Gasteiger partial charge in [0.15, 0.2) is 0 Å². The molecule has 0 amide bonds. The number of halogens is 1. The fourth-order valence-corrected chi connectivity index (χ4v) is 2.77. The summed E-state index contributed by atoms with van der Waals surface area (Å²) in [6, 6.07) is 11.9. The van der Waals surface area contributed by atoms with Gasteiger partial charge in [-0.05, 0) is 49.7 Å². The van der Waals surface area contributed by atoms with Crippen molar-refractivity contribution in [3.63, 3.8) is 0 Å². The van der Waals surface area contributed by atoms with Gasteiger partial charge >= 0.3 is 0 Å². The number of aromatic nitrogens is 2. The maximum absolute atomic E-state index is 6.43. The molecule has 3 nitrogen and oxygen atoms in total. The molecule has 0 bridgehead atoms. The third kappa shape index (κ3) is 2.69. The first-order valence-corrected chi connectivity index (χ1v) is 7.26. The van der Waals surface area contributed by atoms with Gasteiger partial charge in [-0.15, -0.1) is 0 Å². The van der Waals surface area contributed by atoms with E-state index >= 15 is 0 Å². The van der Waals surface area contributed by atoms with Crippen molar-refractivity contribution in [3.8, 4) is 0 Å². The molecule has 0 aliphatic rings. The lowest BCUT2D eigenvalue weighted by Gasteiger charge is -2.18. The molecule has 1 N–H and O–H groups in total. The molecular formula is C17H16ClN3. The first-order valence-electron chi connectivity index (χ1n) is 6.88. The molecule has 21 heavy (non-hydrogen) atoms. The van der Waals surface area contributed by atoms with Crippen LogP contribution in [0, 0.1) is 6.92 Å². The van der Waals surface area contributed by atoms with Crippen LogP contribution in [0.3, 0.4) is 0 Å². The van der Waals surface area contributed by atoms with Crippen molar-refractivity contribution in [2.75, 3.05) is 5.32 Å². The summed E-state index contributed by atoms with van der Waals surface area (Å²) >= 11 is 6.43. The maximum atomic E-state index is 6.43. The van der Waals surface area contributed by atoms with E-state index in [2.05, 4.69) is 22.2 Å². The molecule has 0 saturated carbocycles. The molecule has 0 fully saturated rings. The Morgan fingerprint density at radius 2 is 1.90 bits per heavy atom. The highest BCUT2D eigenvalue weighted by atomic mass is 35.5. The molecule has 3 rings (SSSR count). The van der Waals surface area contributed by atoms with Gasteiger partial charge in [-0.25, -0.2) is 0 Å². The zero-order valence-corrected chi connectivity index (χ0v) is 12.7. The second-order valence-corrected chi connectivity index (χ2v) is 5.48. The predicted octanol–water partition coefficient (Wildman–Crippen LogP) is 4.76. The van der Waals surface area contributed by atoms with Crippen LogP contribution in [0.15, 0.2) is 48.8 Å². The monoisotopic (exact) mass is 297 g/mol. The summed E-state index contributed by atoms with van der Waals surface area (Å²) < 4.78 is 0. The highest BCUT2D eigenvalue weighted by Gasteiger charge is 2.13. The minimum Gasteiger partial charge on any atom is -0.375 e. The Bertz CT molecular complexity index is 772. The number of benzene rings is 1. The van der Waals surface area contributed by atoms with Crippen LogP contribution in [-0.2, 0) is 0 Å². The Kier molecular flexibility index (Phi) is 3.76. The highest BCUT2D eigenvalue weighted by Crippen LogP contribution is 2.34. The van der Waals surface area contributed by atoms with Crippen LogP contribution in [0.4, 0.5) is 5.69 Å². The van der Waals surface area contributed by atoms with Crippen LogP contribution in [0.2, 0.25) is 5.02 Å². The Morgan fingerprint density at radius 1 is 1.10 bits per heavy atom. The van der Waals surface area contributed by atoms with Crippen LogP contribution in [0.25, 0.3) is 10.9 Å². The van der Waals surface area contributed by atoms with Gasteiger partial charge in [-0.2, -0.15) is 0 Å². The molecule has 2 aromatic heterocycles. The summed E-state index contributed by atoms with van der Waals surface area (Å²) in [6.45, 7) is 4.09. The van der Waals surface area contributed by atoms with Crippen molar-refractivity contribution < 1.29 is 0 Å². The van der Waals surface area contributed by atoms with E-state index in [1.807, 2.05) is 43.3 Å². The number of pyridine rings is 2. The molecule has 1 atom stereocenters. The number of aryl methyl sites for hydroxylation is 1. The number of fused-ring (bicyclic) bond motifs is 1. The fraction of sp³-hybridized carbons (Fsp3) is 0.176. The number of hydrogen-bond acceptors (Lipinski definition) is 3. The van der Waals surface area contributed by atoms with Gasteiger partial charge in [-0.3, -0.25) is 9.97 Å². The molecule has 1 aromatic carbocycles. The topological polar surface area (TPSA) is 37.8 Å². The van der Waals surface area contributed by atoms with E-state index in [0.717, 1.165) is 27.8 Å². The number of nitrogens with zero attached hydrogens (tertiary/aromatic N) is 2. The van der Waals surface area contributed by atoms with Crippen molar-refractivity contribution in [1.82, 2.24) is 9.97 Å². The minimum absolute atomic E-state index is 0.0646. The van der Waals surface area contributed by atoms with E-state index < -0.39 is 0 Å². The number of nitrogens with one attached hydrogen (secondary N) is 1. The van der Waals surface area contributed by atoms with Crippen molar-refractivity contribution in [1.29, 1.82) is 0 Å². The van der Waals surface area contributed by atoms with Crippen molar-refractivity contribution in [3.05, 3.63) is 65.1 Å². The van der Waals surface area contributed by atoms with Gasteiger partial charge in [0, 0.05) is 17.8 Å². The maximum Gasteiger partial charge on any atom is 0.0752 e. The average molecular weight is 298 g/mol. The van der Waals surface area contributed by atoms with E-state index in [0.29, 0.717) is 5.02 Å². The molecule has 2 heterocycles. The third-order valence-corrected chi connectivity index (χ3v) is 3.82.